The van der Waals surface area contributed by atoms with Crippen molar-refractivity contribution < 1.29 is 14.3 Å². The second-order valence-electron chi connectivity index (χ2n) is 8.13. The second kappa shape index (κ2) is 7.46. The van der Waals surface area contributed by atoms with E-state index in [4.69, 9.17) is 4.74 Å². The highest BCUT2D eigenvalue weighted by molar-refractivity contribution is 7.22. The van der Waals surface area contributed by atoms with Crippen LogP contribution in [0.25, 0.3) is 10.2 Å². The number of carbonyl (C=O) groups is 2. The summed E-state index contributed by atoms with van der Waals surface area (Å²) < 4.78 is 6.52. The van der Waals surface area contributed by atoms with Gasteiger partial charge in [-0.1, -0.05) is 23.5 Å². The summed E-state index contributed by atoms with van der Waals surface area (Å²) in [6.45, 7) is 10.7. The molecule has 27 heavy (non-hydrogen) atoms. The first-order valence-corrected chi connectivity index (χ1v) is 10.1. The Balaban J connectivity index is 1.59. The Kier molecular flexibility index (Phi) is 5.42. The lowest BCUT2D eigenvalue weighted by atomic mass is 9.96. The Bertz CT molecular complexity index is 822. The fraction of sp³-hybridized carbons (Fsp3) is 0.550. The number of hydrogen-bond donors (Lipinski definition) is 1. The van der Waals surface area contributed by atoms with Crippen molar-refractivity contribution in [2.24, 2.45) is 5.92 Å². The lowest BCUT2D eigenvalue weighted by Gasteiger charge is -2.32. The fourth-order valence-electron chi connectivity index (χ4n) is 3.17. The van der Waals surface area contributed by atoms with Crippen LogP contribution in [-0.4, -0.2) is 40.6 Å². The normalized spacial score (nSPS) is 15.8. The van der Waals surface area contributed by atoms with Gasteiger partial charge in [-0.2, -0.15) is 0 Å². The number of carbonyl (C=O) groups excluding carboxylic acids is 2. The molecule has 6 nitrogen and oxygen atoms in total. The number of thiazole rings is 1. The zero-order valence-electron chi connectivity index (χ0n) is 16.6. The maximum absolute atomic E-state index is 12.6. The second-order valence-corrected chi connectivity index (χ2v) is 9.13. The first-order chi connectivity index (χ1) is 12.6. The number of anilines is 1. The molecule has 1 fully saturated rings. The largest absolute Gasteiger partial charge is 0.444 e. The van der Waals surface area contributed by atoms with Crippen LogP contribution >= 0.6 is 11.3 Å². The predicted molar refractivity (Wildman–Crippen MR) is 108 cm³/mol. The van der Waals surface area contributed by atoms with E-state index in [0.717, 1.165) is 15.8 Å². The van der Waals surface area contributed by atoms with Crippen LogP contribution < -0.4 is 5.32 Å². The molecule has 0 bridgehead atoms. The van der Waals surface area contributed by atoms with Gasteiger partial charge in [0.15, 0.2) is 5.13 Å². The number of hydrogen-bond acceptors (Lipinski definition) is 5. The molecule has 0 unspecified atom stereocenters. The van der Waals surface area contributed by atoms with E-state index in [1.165, 1.54) is 16.9 Å². The van der Waals surface area contributed by atoms with Crippen LogP contribution in [0.3, 0.4) is 0 Å². The summed E-state index contributed by atoms with van der Waals surface area (Å²) in [4.78, 5) is 31.1. The summed E-state index contributed by atoms with van der Waals surface area (Å²) in [5, 5.41) is 3.61. The summed E-state index contributed by atoms with van der Waals surface area (Å²) in [6, 6.07) is 4.13. The van der Waals surface area contributed by atoms with Gasteiger partial charge in [0.05, 0.1) is 10.2 Å². The van der Waals surface area contributed by atoms with Crippen LogP contribution in [0.15, 0.2) is 12.1 Å². The van der Waals surface area contributed by atoms with Gasteiger partial charge in [0, 0.05) is 19.0 Å². The summed E-state index contributed by atoms with van der Waals surface area (Å²) in [5.74, 6) is -0.133. The van der Waals surface area contributed by atoms with Crippen LogP contribution in [0, 0.1) is 19.8 Å². The molecule has 7 heteroatoms. The molecule has 1 saturated heterocycles. The highest BCUT2D eigenvalue weighted by Crippen LogP contribution is 2.31. The minimum absolute atomic E-state index is 0.0202. The zero-order chi connectivity index (χ0) is 19.8. The quantitative estimate of drug-likeness (QED) is 0.821. The number of amides is 2. The maximum atomic E-state index is 12.6. The van der Waals surface area contributed by atoms with E-state index in [0.29, 0.717) is 31.1 Å². The van der Waals surface area contributed by atoms with Gasteiger partial charge in [-0.3, -0.25) is 4.79 Å². The lowest BCUT2D eigenvalue weighted by Crippen LogP contribution is -2.43. The van der Waals surface area contributed by atoms with E-state index in [-0.39, 0.29) is 17.9 Å². The van der Waals surface area contributed by atoms with Gasteiger partial charge < -0.3 is 15.0 Å². The summed E-state index contributed by atoms with van der Waals surface area (Å²) in [6.07, 6.45) is 0.959. The molecule has 0 radical (unpaired) electrons. The number of aromatic nitrogens is 1. The number of rotatable bonds is 2. The van der Waals surface area contributed by atoms with E-state index < -0.39 is 5.60 Å². The summed E-state index contributed by atoms with van der Waals surface area (Å²) in [7, 11) is 0. The van der Waals surface area contributed by atoms with Crippen LogP contribution in [-0.2, 0) is 9.53 Å². The molecule has 0 saturated carbocycles. The van der Waals surface area contributed by atoms with Crippen LogP contribution in [0.4, 0.5) is 9.93 Å². The van der Waals surface area contributed by atoms with Crippen molar-refractivity contribution in [3.8, 4) is 0 Å². The van der Waals surface area contributed by atoms with Gasteiger partial charge >= 0.3 is 6.09 Å². The Morgan fingerprint density at radius 3 is 2.41 bits per heavy atom. The van der Waals surface area contributed by atoms with E-state index in [2.05, 4.69) is 29.4 Å². The van der Waals surface area contributed by atoms with E-state index in [9.17, 15) is 9.59 Å². The van der Waals surface area contributed by atoms with Crippen LogP contribution in [0.5, 0.6) is 0 Å². The molecule has 0 aliphatic carbocycles. The smallest absolute Gasteiger partial charge is 0.410 e. The minimum atomic E-state index is -0.506. The van der Waals surface area contributed by atoms with Crippen molar-refractivity contribution in [3.05, 3.63) is 23.3 Å². The van der Waals surface area contributed by atoms with Gasteiger partial charge in [0.25, 0.3) is 0 Å². The fourth-order valence-corrected chi connectivity index (χ4v) is 4.19. The van der Waals surface area contributed by atoms with Crippen molar-refractivity contribution in [1.29, 1.82) is 0 Å². The molecular formula is C20H27N3O3S. The Hall–Kier alpha value is -2.15. The van der Waals surface area contributed by atoms with Gasteiger partial charge in [0.1, 0.15) is 5.60 Å². The number of nitrogens with one attached hydrogen (secondary N) is 1. The van der Waals surface area contributed by atoms with Crippen LogP contribution in [0.1, 0.15) is 44.7 Å². The van der Waals surface area contributed by atoms with E-state index in [1.807, 2.05) is 27.7 Å². The number of aryl methyl sites for hydroxylation is 2. The summed E-state index contributed by atoms with van der Waals surface area (Å²) >= 11 is 1.51. The Morgan fingerprint density at radius 2 is 1.81 bits per heavy atom. The van der Waals surface area contributed by atoms with Crippen molar-refractivity contribution >= 4 is 38.7 Å². The first kappa shape index (κ1) is 19.6. The molecule has 2 aromatic rings. The topological polar surface area (TPSA) is 71.5 Å². The molecule has 1 aromatic carbocycles. The predicted octanol–water partition coefficient (Wildman–Crippen LogP) is 4.50. The monoisotopic (exact) mass is 389 g/mol. The van der Waals surface area contributed by atoms with E-state index in [1.54, 1.807) is 4.90 Å². The third-order valence-corrected chi connectivity index (χ3v) is 5.80. The van der Waals surface area contributed by atoms with Gasteiger partial charge in [-0.25, -0.2) is 9.78 Å². The Labute approximate surface area is 163 Å². The third-order valence-electron chi connectivity index (χ3n) is 4.69. The number of piperidine rings is 1. The van der Waals surface area contributed by atoms with Gasteiger partial charge in [-0.05, 0) is 58.6 Å². The molecule has 146 valence electrons. The minimum Gasteiger partial charge on any atom is -0.444 e. The summed E-state index contributed by atoms with van der Waals surface area (Å²) in [5.41, 5.74) is 2.72. The SMILES string of the molecule is Cc1ccc(C)c2sc(NC(=O)C3CCN(C(=O)OC(C)(C)C)CC3)nc12. The highest BCUT2D eigenvalue weighted by Gasteiger charge is 2.30. The lowest BCUT2D eigenvalue weighted by molar-refractivity contribution is -0.121. The van der Waals surface area contributed by atoms with Crippen molar-refractivity contribution in [2.45, 2.75) is 53.1 Å². The van der Waals surface area contributed by atoms with Gasteiger partial charge in [-0.15, -0.1) is 0 Å². The number of ether oxygens (including phenoxy) is 1. The number of benzene rings is 1. The molecule has 1 aliphatic rings. The zero-order valence-corrected chi connectivity index (χ0v) is 17.4. The number of nitrogens with zero attached hydrogens (tertiary/aromatic N) is 2. The first-order valence-electron chi connectivity index (χ1n) is 9.29. The number of likely N-dealkylation sites (tertiary alicyclic amines) is 1. The van der Waals surface area contributed by atoms with Crippen molar-refractivity contribution in [3.63, 3.8) is 0 Å². The molecule has 1 aliphatic heterocycles. The molecular weight excluding hydrogens is 362 g/mol. The molecule has 3 rings (SSSR count). The molecule has 1 aromatic heterocycles. The van der Waals surface area contributed by atoms with Crippen molar-refractivity contribution in [2.75, 3.05) is 18.4 Å². The molecule has 2 heterocycles. The number of fused-ring (bicyclic) bond motifs is 1. The average Bonchev–Trinajstić information content (AvgIpc) is 3.02. The average molecular weight is 390 g/mol. The highest BCUT2D eigenvalue weighted by atomic mass is 32.1. The van der Waals surface area contributed by atoms with Gasteiger partial charge in [0.2, 0.25) is 5.91 Å². The molecule has 0 atom stereocenters. The standard InChI is InChI=1S/C20H27N3O3S/c1-12-6-7-13(2)16-15(12)21-18(27-16)22-17(24)14-8-10-23(11-9-14)19(25)26-20(3,4)5/h6-7,14H,8-11H2,1-5H3,(H,21,22,24). The molecule has 1 N–H and O–H groups in total. The van der Waals surface area contributed by atoms with E-state index >= 15 is 0 Å². The third kappa shape index (κ3) is 4.58. The maximum Gasteiger partial charge on any atom is 0.410 e. The molecule has 0 spiro atoms. The molecule has 2 amide bonds. The van der Waals surface area contributed by atoms with Crippen LogP contribution in [0.2, 0.25) is 0 Å². The van der Waals surface area contributed by atoms with Crippen molar-refractivity contribution in [1.82, 2.24) is 9.88 Å². The Morgan fingerprint density at radius 1 is 1.19 bits per heavy atom.